The fourth-order valence-electron chi connectivity index (χ4n) is 4.34. The predicted molar refractivity (Wildman–Crippen MR) is 78.3 cm³/mol. The van der Waals surface area contributed by atoms with Gasteiger partial charge < -0.3 is 5.32 Å². The second kappa shape index (κ2) is 4.81. The number of halogens is 1. The van der Waals surface area contributed by atoms with E-state index in [9.17, 15) is 4.39 Å². The molecule has 4 rings (SSSR count). The molecule has 0 bridgehead atoms. The maximum absolute atomic E-state index is 14.2. The van der Waals surface area contributed by atoms with E-state index >= 15 is 0 Å². The molecule has 1 spiro atoms. The van der Waals surface area contributed by atoms with E-state index in [2.05, 4.69) is 10.2 Å². The molecule has 2 aliphatic heterocycles. The number of likely N-dealkylation sites (tertiary alicyclic amines) is 1. The van der Waals surface area contributed by atoms with Gasteiger partial charge in [0, 0.05) is 25.0 Å². The number of nitrogens with one attached hydrogen (secondary N) is 1. The zero-order chi connectivity index (χ0) is 13.6. The molecule has 108 valence electrons. The van der Waals surface area contributed by atoms with Crippen LogP contribution in [0, 0.1) is 11.2 Å². The van der Waals surface area contributed by atoms with E-state index in [1.54, 1.807) is 12.1 Å². The van der Waals surface area contributed by atoms with Gasteiger partial charge in [-0.25, -0.2) is 4.39 Å². The van der Waals surface area contributed by atoms with Gasteiger partial charge in [0.1, 0.15) is 5.82 Å². The first kappa shape index (κ1) is 12.8. The summed E-state index contributed by atoms with van der Waals surface area (Å²) in [4.78, 5) is 2.67. The molecule has 2 atom stereocenters. The average molecular weight is 274 g/mol. The zero-order valence-electron chi connectivity index (χ0n) is 11.9. The molecular weight excluding hydrogens is 251 g/mol. The fraction of sp³-hybridized carbons (Fsp3) is 0.647. The molecule has 3 fully saturated rings. The largest absolute Gasteiger partial charge is 0.316 e. The summed E-state index contributed by atoms with van der Waals surface area (Å²) in [6.07, 6.45) is 5.18. The molecule has 0 amide bonds. The molecule has 1 aromatic rings. The van der Waals surface area contributed by atoms with Gasteiger partial charge in [-0.1, -0.05) is 18.2 Å². The topological polar surface area (TPSA) is 15.3 Å². The van der Waals surface area contributed by atoms with Crippen LogP contribution in [-0.2, 0) is 0 Å². The Labute approximate surface area is 120 Å². The Morgan fingerprint density at radius 2 is 2.05 bits per heavy atom. The molecule has 20 heavy (non-hydrogen) atoms. The SMILES string of the molecule is Fc1ccccc1C1CNCCC12CCN(C1CC1)C2. The monoisotopic (exact) mass is 274 g/mol. The van der Waals surface area contributed by atoms with E-state index in [0.29, 0.717) is 11.3 Å². The molecular formula is C17H23FN2. The van der Waals surface area contributed by atoms with Crippen LogP contribution >= 0.6 is 0 Å². The van der Waals surface area contributed by atoms with E-state index in [0.717, 1.165) is 24.7 Å². The van der Waals surface area contributed by atoms with Crippen molar-refractivity contribution < 1.29 is 4.39 Å². The number of piperidine rings is 1. The molecule has 2 saturated heterocycles. The normalized spacial score (nSPS) is 34.8. The Kier molecular flexibility index (Phi) is 3.08. The van der Waals surface area contributed by atoms with Gasteiger partial charge >= 0.3 is 0 Å². The van der Waals surface area contributed by atoms with Gasteiger partial charge in [0.05, 0.1) is 0 Å². The summed E-state index contributed by atoms with van der Waals surface area (Å²) in [5.74, 6) is 0.312. The van der Waals surface area contributed by atoms with Crippen molar-refractivity contribution in [3.05, 3.63) is 35.6 Å². The van der Waals surface area contributed by atoms with E-state index in [-0.39, 0.29) is 5.82 Å². The first-order valence-corrected chi connectivity index (χ1v) is 7.98. The number of nitrogens with zero attached hydrogens (tertiary/aromatic N) is 1. The second-order valence-electron chi connectivity index (χ2n) is 6.84. The predicted octanol–water partition coefficient (Wildman–Crippen LogP) is 2.76. The summed E-state index contributed by atoms with van der Waals surface area (Å²) in [6, 6.07) is 8.23. The molecule has 1 aliphatic carbocycles. The highest BCUT2D eigenvalue weighted by Gasteiger charge is 2.49. The van der Waals surface area contributed by atoms with Crippen molar-refractivity contribution in [1.82, 2.24) is 10.2 Å². The third kappa shape index (κ3) is 2.08. The highest BCUT2D eigenvalue weighted by Crippen LogP contribution is 2.50. The van der Waals surface area contributed by atoms with Crippen LogP contribution in [0.4, 0.5) is 4.39 Å². The molecule has 1 aromatic carbocycles. The summed E-state index contributed by atoms with van der Waals surface area (Å²) < 4.78 is 14.2. The second-order valence-corrected chi connectivity index (χ2v) is 6.84. The standard InChI is InChI=1S/C17H23FN2/c18-16-4-2-1-3-14(16)15-11-19-9-7-17(15)8-10-20(12-17)13-5-6-13/h1-4,13,15,19H,5-12H2. The molecule has 2 unspecified atom stereocenters. The molecule has 1 N–H and O–H groups in total. The molecule has 2 nitrogen and oxygen atoms in total. The minimum Gasteiger partial charge on any atom is -0.316 e. The molecule has 3 aliphatic rings. The zero-order valence-corrected chi connectivity index (χ0v) is 11.9. The third-order valence-corrected chi connectivity index (χ3v) is 5.65. The Bertz CT molecular complexity index is 500. The summed E-state index contributed by atoms with van der Waals surface area (Å²) in [6.45, 7) is 4.41. The van der Waals surface area contributed by atoms with Crippen LogP contribution in [0.3, 0.4) is 0 Å². The molecule has 3 heteroatoms. The lowest BCUT2D eigenvalue weighted by molar-refractivity contribution is 0.158. The molecule has 0 radical (unpaired) electrons. The summed E-state index contributed by atoms with van der Waals surface area (Å²) in [5.41, 5.74) is 1.23. The Morgan fingerprint density at radius 3 is 2.85 bits per heavy atom. The van der Waals surface area contributed by atoms with Crippen molar-refractivity contribution in [3.8, 4) is 0 Å². The van der Waals surface area contributed by atoms with Crippen molar-refractivity contribution in [1.29, 1.82) is 0 Å². The van der Waals surface area contributed by atoms with Crippen molar-refractivity contribution in [2.75, 3.05) is 26.2 Å². The number of rotatable bonds is 2. The Balaban J connectivity index is 1.64. The molecule has 0 aromatic heterocycles. The smallest absolute Gasteiger partial charge is 0.126 e. The summed E-state index contributed by atoms with van der Waals surface area (Å²) >= 11 is 0. The van der Waals surface area contributed by atoms with Crippen LogP contribution in [0.15, 0.2) is 24.3 Å². The number of hydrogen-bond donors (Lipinski definition) is 1. The van der Waals surface area contributed by atoms with Gasteiger partial charge in [-0.15, -0.1) is 0 Å². The van der Waals surface area contributed by atoms with Gasteiger partial charge in [0.25, 0.3) is 0 Å². The van der Waals surface area contributed by atoms with Gasteiger partial charge in [-0.3, -0.25) is 4.90 Å². The quantitative estimate of drug-likeness (QED) is 0.892. The van der Waals surface area contributed by atoms with Crippen LogP contribution in [0.5, 0.6) is 0 Å². The van der Waals surface area contributed by atoms with Crippen molar-refractivity contribution in [2.45, 2.75) is 37.6 Å². The fourth-order valence-corrected chi connectivity index (χ4v) is 4.34. The summed E-state index contributed by atoms with van der Waals surface area (Å²) in [7, 11) is 0. The lowest BCUT2D eigenvalue weighted by Crippen LogP contribution is -2.45. The lowest BCUT2D eigenvalue weighted by Gasteiger charge is -2.42. The first-order valence-electron chi connectivity index (χ1n) is 7.98. The van der Waals surface area contributed by atoms with E-state index in [4.69, 9.17) is 0 Å². The van der Waals surface area contributed by atoms with E-state index < -0.39 is 0 Å². The van der Waals surface area contributed by atoms with Gasteiger partial charge in [-0.2, -0.15) is 0 Å². The van der Waals surface area contributed by atoms with Crippen LogP contribution in [0.1, 0.15) is 37.2 Å². The van der Waals surface area contributed by atoms with Gasteiger partial charge in [-0.05, 0) is 55.8 Å². The first-order chi connectivity index (χ1) is 9.78. The van der Waals surface area contributed by atoms with Crippen LogP contribution in [-0.4, -0.2) is 37.1 Å². The van der Waals surface area contributed by atoms with Crippen molar-refractivity contribution in [2.24, 2.45) is 5.41 Å². The maximum atomic E-state index is 14.2. The summed E-state index contributed by atoms with van der Waals surface area (Å²) in [5, 5.41) is 3.49. The van der Waals surface area contributed by atoms with Crippen molar-refractivity contribution >= 4 is 0 Å². The van der Waals surface area contributed by atoms with E-state index in [1.165, 1.54) is 38.8 Å². The Hall–Kier alpha value is -0.930. The maximum Gasteiger partial charge on any atom is 0.126 e. The average Bonchev–Trinajstić information content (AvgIpc) is 3.24. The highest BCUT2D eigenvalue weighted by molar-refractivity contribution is 5.26. The molecule has 2 heterocycles. The lowest BCUT2D eigenvalue weighted by atomic mass is 9.67. The van der Waals surface area contributed by atoms with E-state index in [1.807, 2.05) is 12.1 Å². The molecule has 1 saturated carbocycles. The van der Waals surface area contributed by atoms with Gasteiger partial charge in [0.15, 0.2) is 0 Å². The van der Waals surface area contributed by atoms with Gasteiger partial charge in [0.2, 0.25) is 0 Å². The number of benzene rings is 1. The highest BCUT2D eigenvalue weighted by atomic mass is 19.1. The Morgan fingerprint density at radius 1 is 1.20 bits per heavy atom. The van der Waals surface area contributed by atoms with Crippen LogP contribution in [0.25, 0.3) is 0 Å². The van der Waals surface area contributed by atoms with Crippen LogP contribution < -0.4 is 5.32 Å². The minimum absolute atomic E-state index is 0.0227. The third-order valence-electron chi connectivity index (χ3n) is 5.65. The number of hydrogen-bond acceptors (Lipinski definition) is 2. The minimum atomic E-state index is -0.0227. The van der Waals surface area contributed by atoms with Crippen molar-refractivity contribution in [3.63, 3.8) is 0 Å². The van der Waals surface area contributed by atoms with Crippen LogP contribution in [0.2, 0.25) is 0 Å².